The monoisotopic (exact) mass is 335 g/mol. The summed E-state index contributed by atoms with van der Waals surface area (Å²) in [6.45, 7) is 2.84. The lowest BCUT2D eigenvalue weighted by Gasteiger charge is -2.36. The molecule has 128 valence electrons. The Labute approximate surface area is 146 Å². The van der Waals surface area contributed by atoms with Gasteiger partial charge in [-0.15, -0.1) is 0 Å². The maximum absolute atomic E-state index is 13.0. The Bertz CT molecular complexity index is 903. The van der Waals surface area contributed by atoms with Crippen LogP contribution in [0.4, 0.5) is 0 Å². The predicted octanol–water partition coefficient (Wildman–Crippen LogP) is 2.73. The fraction of sp³-hybridized carbons (Fsp3) is 0.368. The normalized spacial score (nSPS) is 17.8. The number of benzene rings is 1. The third-order valence-electron chi connectivity index (χ3n) is 4.81. The first-order valence-electron chi connectivity index (χ1n) is 8.72. The molecule has 3 aromatic rings. The van der Waals surface area contributed by atoms with Gasteiger partial charge in [0, 0.05) is 12.7 Å². The molecule has 1 saturated heterocycles. The van der Waals surface area contributed by atoms with E-state index in [1.165, 1.54) is 11.9 Å². The molecular weight excluding hydrogens is 314 g/mol. The number of aromatic nitrogens is 4. The first-order valence-corrected chi connectivity index (χ1v) is 8.72. The molecule has 4 rings (SSSR count). The third-order valence-corrected chi connectivity index (χ3v) is 4.81. The number of piperidine rings is 1. The van der Waals surface area contributed by atoms with Crippen LogP contribution in [-0.4, -0.2) is 36.9 Å². The van der Waals surface area contributed by atoms with Gasteiger partial charge in [-0.25, -0.2) is 4.98 Å². The van der Waals surface area contributed by atoms with E-state index in [4.69, 9.17) is 0 Å². The van der Waals surface area contributed by atoms with E-state index in [1.54, 1.807) is 10.7 Å². The number of carbonyl (C=O) groups is 1. The lowest BCUT2D eigenvalue weighted by Crippen LogP contribution is -2.40. The van der Waals surface area contributed by atoms with Crippen LogP contribution in [0.2, 0.25) is 0 Å². The molecule has 1 amide bonds. The maximum Gasteiger partial charge on any atom is 0.252 e. The largest absolute Gasteiger partial charge is 0.334 e. The number of fused-ring (bicyclic) bond motifs is 1. The smallest absolute Gasteiger partial charge is 0.252 e. The zero-order valence-electron chi connectivity index (χ0n) is 14.3. The van der Waals surface area contributed by atoms with Crippen LogP contribution in [0.5, 0.6) is 0 Å². The first-order chi connectivity index (χ1) is 12.2. The van der Waals surface area contributed by atoms with Crippen LogP contribution in [0, 0.1) is 6.92 Å². The van der Waals surface area contributed by atoms with Gasteiger partial charge in [-0.2, -0.15) is 14.6 Å². The van der Waals surface area contributed by atoms with Gasteiger partial charge in [0.1, 0.15) is 6.33 Å². The van der Waals surface area contributed by atoms with Crippen LogP contribution in [0.1, 0.15) is 42.1 Å². The molecule has 0 N–H and O–H groups in total. The van der Waals surface area contributed by atoms with E-state index in [0.717, 1.165) is 37.1 Å². The molecule has 25 heavy (non-hydrogen) atoms. The number of nitrogens with zero attached hydrogens (tertiary/aromatic N) is 5. The van der Waals surface area contributed by atoms with Crippen molar-refractivity contribution in [2.75, 3.05) is 6.54 Å². The van der Waals surface area contributed by atoms with Crippen LogP contribution in [0.3, 0.4) is 0 Å². The minimum absolute atomic E-state index is 0.0262. The van der Waals surface area contributed by atoms with Crippen molar-refractivity contribution in [3.05, 3.63) is 59.7 Å². The number of hydrogen-bond donors (Lipinski definition) is 0. The number of carbonyl (C=O) groups excluding carboxylic acids is 1. The van der Waals surface area contributed by atoms with Crippen LogP contribution in [0.15, 0.2) is 42.9 Å². The minimum atomic E-state index is 0.0262. The van der Waals surface area contributed by atoms with Crippen molar-refractivity contribution in [3.8, 4) is 0 Å². The summed E-state index contributed by atoms with van der Waals surface area (Å²) in [5.74, 6) is 0.745. The van der Waals surface area contributed by atoms with Gasteiger partial charge in [-0.1, -0.05) is 29.8 Å². The molecule has 0 spiro atoms. The highest BCUT2D eigenvalue weighted by Gasteiger charge is 2.30. The van der Waals surface area contributed by atoms with Crippen LogP contribution < -0.4 is 0 Å². The fourth-order valence-corrected chi connectivity index (χ4v) is 3.64. The van der Waals surface area contributed by atoms with Gasteiger partial charge in [0.15, 0.2) is 0 Å². The Kier molecular flexibility index (Phi) is 4.17. The van der Waals surface area contributed by atoms with Crippen molar-refractivity contribution in [1.29, 1.82) is 0 Å². The first kappa shape index (κ1) is 15.7. The predicted molar refractivity (Wildman–Crippen MR) is 94.0 cm³/mol. The van der Waals surface area contributed by atoms with E-state index in [1.807, 2.05) is 23.1 Å². The van der Waals surface area contributed by atoms with E-state index < -0.39 is 0 Å². The summed E-state index contributed by atoms with van der Waals surface area (Å²) in [6, 6.07) is 10.1. The van der Waals surface area contributed by atoms with Gasteiger partial charge < -0.3 is 4.90 Å². The van der Waals surface area contributed by atoms with Crippen LogP contribution in [-0.2, 0) is 11.2 Å². The molecule has 6 heteroatoms. The van der Waals surface area contributed by atoms with E-state index >= 15 is 0 Å². The molecule has 1 aliphatic rings. The molecule has 1 aromatic carbocycles. The van der Waals surface area contributed by atoms with Gasteiger partial charge in [0.05, 0.1) is 18.2 Å². The van der Waals surface area contributed by atoms with Crippen molar-refractivity contribution in [2.24, 2.45) is 0 Å². The number of hydrogen-bond acceptors (Lipinski definition) is 4. The second-order valence-corrected chi connectivity index (χ2v) is 6.61. The zero-order valence-corrected chi connectivity index (χ0v) is 14.3. The number of likely N-dealkylation sites (tertiary alicyclic amines) is 1. The molecule has 0 saturated carbocycles. The van der Waals surface area contributed by atoms with Crippen molar-refractivity contribution in [1.82, 2.24) is 24.5 Å². The molecule has 0 aliphatic carbocycles. The zero-order chi connectivity index (χ0) is 17.2. The average Bonchev–Trinajstić information content (AvgIpc) is 3.10. The molecule has 0 unspecified atom stereocenters. The summed E-state index contributed by atoms with van der Waals surface area (Å²) in [5.41, 5.74) is 3.23. The van der Waals surface area contributed by atoms with Gasteiger partial charge in [0.2, 0.25) is 5.91 Å². The van der Waals surface area contributed by atoms with Gasteiger partial charge >= 0.3 is 0 Å². The Balaban J connectivity index is 1.63. The Morgan fingerprint density at radius 1 is 1.24 bits per heavy atom. The average molecular weight is 335 g/mol. The van der Waals surface area contributed by atoms with E-state index in [9.17, 15) is 4.79 Å². The quantitative estimate of drug-likeness (QED) is 0.738. The summed E-state index contributed by atoms with van der Waals surface area (Å²) in [7, 11) is 0. The number of aryl methyl sites for hydroxylation is 1. The third kappa shape index (κ3) is 3.12. The lowest BCUT2D eigenvalue weighted by molar-refractivity contribution is -0.134. The highest BCUT2D eigenvalue weighted by molar-refractivity contribution is 5.79. The SMILES string of the molecule is Cc1cccc(CC(=O)N2CCCC[C@@H]2c2ccnc3ncnn23)c1. The van der Waals surface area contributed by atoms with Crippen LogP contribution >= 0.6 is 0 Å². The molecule has 1 fully saturated rings. The Morgan fingerprint density at radius 3 is 3.04 bits per heavy atom. The van der Waals surface area contributed by atoms with Gasteiger partial charge in [0.25, 0.3) is 5.78 Å². The summed E-state index contributed by atoms with van der Waals surface area (Å²) in [4.78, 5) is 23.4. The summed E-state index contributed by atoms with van der Waals surface area (Å²) in [5, 5.41) is 4.29. The Morgan fingerprint density at radius 2 is 2.16 bits per heavy atom. The summed E-state index contributed by atoms with van der Waals surface area (Å²) >= 11 is 0. The lowest BCUT2D eigenvalue weighted by atomic mass is 9.97. The molecule has 1 atom stereocenters. The Hall–Kier alpha value is -2.76. The maximum atomic E-state index is 13.0. The standard InChI is InChI=1S/C19H21N5O/c1-14-5-4-6-15(11-14)12-18(25)23-10-3-2-7-16(23)17-8-9-20-19-21-13-22-24(17)19/h4-6,8-9,11,13,16H,2-3,7,10,12H2,1H3/t16-/m1/s1. The minimum Gasteiger partial charge on any atom is -0.334 e. The van der Waals surface area contributed by atoms with Crippen molar-refractivity contribution in [2.45, 2.75) is 38.6 Å². The molecule has 0 radical (unpaired) electrons. The van der Waals surface area contributed by atoms with Crippen molar-refractivity contribution < 1.29 is 4.79 Å². The molecule has 3 heterocycles. The van der Waals surface area contributed by atoms with Crippen LogP contribution in [0.25, 0.3) is 5.78 Å². The molecule has 0 bridgehead atoms. The second-order valence-electron chi connectivity index (χ2n) is 6.61. The second kappa shape index (κ2) is 6.63. The van der Waals surface area contributed by atoms with Crippen molar-refractivity contribution in [3.63, 3.8) is 0 Å². The highest BCUT2D eigenvalue weighted by Crippen LogP contribution is 2.31. The summed E-state index contributed by atoms with van der Waals surface area (Å²) in [6.07, 6.45) is 6.78. The van der Waals surface area contributed by atoms with E-state index in [0.29, 0.717) is 12.2 Å². The van der Waals surface area contributed by atoms with E-state index in [2.05, 4.69) is 34.1 Å². The highest BCUT2D eigenvalue weighted by atomic mass is 16.2. The summed E-state index contributed by atoms with van der Waals surface area (Å²) < 4.78 is 1.75. The fourth-order valence-electron chi connectivity index (χ4n) is 3.64. The van der Waals surface area contributed by atoms with Crippen molar-refractivity contribution >= 4 is 11.7 Å². The molecule has 6 nitrogen and oxygen atoms in total. The molecular formula is C19H21N5O. The number of amides is 1. The van der Waals surface area contributed by atoms with E-state index in [-0.39, 0.29) is 11.9 Å². The van der Waals surface area contributed by atoms with Gasteiger partial charge in [-0.05, 0) is 37.8 Å². The molecule has 2 aromatic heterocycles. The van der Waals surface area contributed by atoms with Gasteiger partial charge in [-0.3, -0.25) is 4.79 Å². The molecule has 1 aliphatic heterocycles. The topological polar surface area (TPSA) is 63.4 Å². The number of rotatable bonds is 3.